The van der Waals surface area contributed by atoms with Gasteiger partial charge in [-0.2, -0.15) is 0 Å². The molecule has 2 aromatic rings. The van der Waals surface area contributed by atoms with E-state index in [0.717, 1.165) is 0 Å². The van der Waals surface area contributed by atoms with Crippen LogP contribution in [0.3, 0.4) is 0 Å². The van der Waals surface area contributed by atoms with E-state index in [1.54, 1.807) is 13.1 Å². The van der Waals surface area contributed by atoms with E-state index in [1.807, 2.05) is 17.8 Å². The minimum Gasteiger partial charge on any atom is -0.464 e. The maximum atomic E-state index is 11.4. The summed E-state index contributed by atoms with van der Waals surface area (Å²) in [4.78, 5) is 22.7. The van der Waals surface area contributed by atoms with E-state index in [0.29, 0.717) is 23.0 Å². The van der Waals surface area contributed by atoms with Gasteiger partial charge >= 0.3 is 5.97 Å². The van der Waals surface area contributed by atoms with E-state index in [4.69, 9.17) is 0 Å². The number of ether oxygens (including phenoxy) is 1. The van der Waals surface area contributed by atoms with E-state index in [1.165, 1.54) is 7.11 Å². The molecule has 0 aromatic carbocycles. The van der Waals surface area contributed by atoms with Gasteiger partial charge in [-0.3, -0.25) is 0 Å². The highest BCUT2D eigenvalue weighted by Crippen LogP contribution is 2.15. The highest BCUT2D eigenvalue weighted by Gasteiger charge is 2.17. The molecule has 84 valence electrons. The summed E-state index contributed by atoms with van der Waals surface area (Å²) in [5, 5.41) is 0. The standard InChI is InChI=1S/C10H12N4O2/c1-6-7(10(15)16-3)13-8(12-6)9-11-4-5-14(9)2/h4-5H,1-3H3,(H,12,13). The zero-order chi connectivity index (χ0) is 11.7. The van der Waals surface area contributed by atoms with Crippen molar-refractivity contribution in [3.63, 3.8) is 0 Å². The molecule has 0 atom stereocenters. The summed E-state index contributed by atoms with van der Waals surface area (Å²) < 4.78 is 6.45. The molecule has 2 heterocycles. The molecule has 2 aromatic heterocycles. The minimum absolute atomic E-state index is 0.292. The van der Waals surface area contributed by atoms with Crippen molar-refractivity contribution in [3.05, 3.63) is 23.8 Å². The topological polar surface area (TPSA) is 72.8 Å². The second kappa shape index (κ2) is 3.80. The van der Waals surface area contributed by atoms with Gasteiger partial charge in [0.1, 0.15) is 0 Å². The molecule has 6 nitrogen and oxygen atoms in total. The number of nitrogens with one attached hydrogen (secondary N) is 1. The molecule has 0 aliphatic heterocycles. The number of imidazole rings is 2. The summed E-state index contributed by atoms with van der Waals surface area (Å²) in [7, 11) is 3.19. The lowest BCUT2D eigenvalue weighted by molar-refractivity contribution is 0.0594. The first kappa shape index (κ1) is 10.4. The number of hydrogen-bond acceptors (Lipinski definition) is 4. The van der Waals surface area contributed by atoms with Crippen LogP contribution < -0.4 is 0 Å². The van der Waals surface area contributed by atoms with Crippen LogP contribution in [0.1, 0.15) is 16.2 Å². The van der Waals surface area contributed by atoms with Gasteiger partial charge in [0.05, 0.1) is 7.11 Å². The zero-order valence-electron chi connectivity index (χ0n) is 9.31. The number of methoxy groups -OCH3 is 1. The molecule has 0 saturated carbocycles. The smallest absolute Gasteiger partial charge is 0.358 e. The molecule has 6 heteroatoms. The first-order valence-corrected chi connectivity index (χ1v) is 4.76. The Labute approximate surface area is 92.3 Å². The summed E-state index contributed by atoms with van der Waals surface area (Å²) >= 11 is 0. The van der Waals surface area contributed by atoms with Crippen molar-refractivity contribution in [1.82, 2.24) is 19.5 Å². The lowest BCUT2D eigenvalue weighted by Crippen LogP contribution is -2.03. The third-order valence-corrected chi connectivity index (χ3v) is 2.30. The Morgan fingerprint density at radius 3 is 2.88 bits per heavy atom. The number of aromatic amines is 1. The lowest BCUT2D eigenvalue weighted by atomic mass is 10.3. The van der Waals surface area contributed by atoms with Gasteiger partial charge < -0.3 is 14.3 Å². The van der Waals surface area contributed by atoms with Crippen LogP contribution in [0.2, 0.25) is 0 Å². The molecule has 0 saturated heterocycles. The fraction of sp³-hybridized carbons (Fsp3) is 0.300. The summed E-state index contributed by atoms with van der Waals surface area (Å²) in [6, 6.07) is 0. The zero-order valence-corrected chi connectivity index (χ0v) is 9.31. The molecular formula is C10H12N4O2. The molecule has 0 amide bonds. The first-order chi connectivity index (χ1) is 7.63. The van der Waals surface area contributed by atoms with Crippen LogP contribution in [-0.4, -0.2) is 32.6 Å². The summed E-state index contributed by atoms with van der Waals surface area (Å²) in [6.07, 6.45) is 3.48. The number of esters is 1. The molecule has 0 aliphatic carbocycles. The van der Waals surface area contributed by atoms with Crippen molar-refractivity contribution in [1.29, 1.82) is 0 Å². The summed E-state index contributed by atoms with van der Waals surface area (Å²) in [5.41, 5.74) is 0.963. The number of carbonyl (C=O) groups excluding carboxylic acids is 1. The van der Waals surface area contributed by atoms with Gasteiger partial charge in [0.25, 0.3) is 0 Å². The molecule has 1 N–H and O–H groups in total. The van der Waals surface area contributed by atoms with Crippen LogP contribution in [0.25, 0.3) is 11.6 Å². The Kier molecular flexibility index (Phi) is 2.47. The molecule has 0 bridgehead atoms. The van der Waals surface area contributed by atoms with Gasteiger partial charge in [0.2, 0.25) is 0 Å². The predicted molar refractivity (Wildman–Crippen MR) is 56.9 cm³/mol. The number of rotatable bonds is 2. The van der Waals surface area contributed by atoms with E-state index < -0.39 is 5.97 Å². The molecule has 0 spiro atoms. The van der Waals surface area contributed by atoms with Crippen LogP contribution in [0.5, 0.6) is 0 Å². The Morgan fingerprint density at radius 1 is 1.56 bits per heavy atom. The number of nitrogens with zero attached hydrogens (tertiary/aromatic N) is 3. The Balaban J connectivity index is 2.46. The normalized spacial score (nSPS) is 10.4. The lowest BCUT2D eigenvalue weighted by Gasteiger charge is -1.95. The van der Waals surface area contributed by atoms with Crippen molar-refractivity contribution in [3.8, 4) is 11.6 Å². The number of hydrogen-bond donors (Lipinski definition) is 1. The summed E-state index contributed by atoms with van der Waals surface area (Å²) in [5.74, 6) is 0.790. The average molecular weight is 220 g/mol. The third kappa shape index (κ3) is 1.58. The van der Waals surface area contributed by atoms with Gasteiger partial charge in [-0.1, -0.05) is 0 Å². The first-order valence-electron chi connectivity index (χ1n) is 4.76. The summed E-state index contributed by atoms with van der Waals surface area (Å²) in [6.45, 7) is 1.77. The van der Waals surface area contributed by atoms with Crippen LogP contribution in [0, 0.1) is 6.92 Å². The Hall–Kier alpha value is -2.11. The van der Waals surface area contributed by atoms with Crippen LogP contribution >= 0.6 is 0 Å². The highest BCUT2D eigenvalue weighted by atomic mass is 16.5. The quantitative estimate of drug-likeness (QED) is 0.763. The Morgan fingerprint density at radius 2 is 2.31 bits per heavy atom. The van der Waals surface area contributed by atoms with Gasteiger partial charge in [0.15, 0.2) is 17.3 Å². The van der Waals surface area contributed by atoms with Crippen molar-refractivity contribution in [2.75, 3.05) is 7.11 Å². The minimum atomic E-state index is -0.450. The molecule has 0 radical (unpaired) electrons. The molecule has 16 heavy (non-hydrogen) atoms. The second-order valence-electron chi connectivity index (χ2n) is 3.41. The number of H-pyrrole nitrogens is 1. The average Bonchev–Trinajstić information content (AvgIpc) is 2.83. The van der Waals surface area contributed by atoms with Gasteiger partial charge in [-0.05, 0) is 6.92 Å². The van der Waals surface area contributed by atoms with Gasteiger partial charge in [0, 0.05) is 25.1 Å². The highest BCUT2D eigenvalue weighted by molar-refractivity contribution is 5.89. The van der Waals surface area contributed by atoms with Crippen molar-refractivity contribution >= 4 is 5.97 Å². The molecular weight excluding hydrogens is 208 g/mol. The van der Waals surface area contributed by atoms with Crippen LogP contribution in [0.15, 0.2) is 12.4 Å². The molecule has 0 aliphatic rings. The van der Waals surface area contributed by atoms with E-state index in [2.05, 4.69) is 19.7 Å². The van der Waals surface area contributed by atoms with Crippen molar-refractivity contribution < 1.29 is 9.53 Å². The second-order valence-corrected chi connectivity index (χ2v) is 3.41. The van der Waals surface area contributed by atoms with Crippen LogP contribution in [-0.2, 0) is 11.8 Å². The molecule has 0 unspecified atom stereocenters. The van der Waals surface area contributed by atoms with E-state index in [-0.39, 0.29) is 0 Å². The maximum Gasteiger partial charge on any atom is 0.358 e. The fourth-order valence-corrected chi connectivity index (χ4v) is 1.46. The van der Waals surface area contributed by atoms with Crippen molar-refractivity contribution in [2.45, 2.75) is 6.92 Å². The maximum absolute atomic E-state index is 11.4. The molecule has 2 rings (SSSR count). The number of carbonyl (C=O) groups is 1. The monoisotopic (exact) mass is 220 g/mol. The van der Waals surface area contributed by atoms with Crippen molar-refractivity contribution in [2.24, 2.45) is 7.05 Å². The fourth-order valence-electron chi connectivity index (χ4n) is 1.46. The number of aromatic nitrogens is 4. The van der Waals surface area contributed by atoms with Crippen LogP contribution in [0.4, 0.5) is 0 Å². The van der Waals surface area contributed by atoms with Gasteiger partial charge in [-0.25, -0.2) is 14.8 Å². The largest absolute Gasteiger partial charge is 0.464 e. The third-order valence-electron chi connectivity index (χ3n) is 2.30. The number of aryl methyl sites for hydroxylation is 2. The molecule has 0 fully saturated rings. The SMILES string of the molecule is COC(=O)c1nc(-c2nccn2C)[nH]c1C. The van der Waals surface area contributed by atoms with E-state index >= 15 is 0 Å². The Bertz CT molecular complexity index is 527. The van der Waals surface area contributed by atoms with Gasteiger partial charge in [-0.15, -0.1) is 0 Å². The predicted octanol–water partition coefficient (Wildman–Crippen LogP) is 0.905. The van der Waals surface area contributed by atoms with E-state index in [9.17, 15) is 4.79 Å².